The van der Waals surface area contributed by atoms with E-state index in [1.807, 2.05) is 30.3 Å². The van der Waals surface area contributed by atoms with E-state index in [1.54, 1.807) is 33.5 Å². The fourth-order valence-electron chi connectivity index (χ4n) is 2.93. The van der Waals surface area contributed by atoms with Gasteiger partial charge in [0.25, 0.3) is 0 Å². The quantitative estimate of drug-likeness (QED) is 0.621. The van der Waals surface area contributed by atoms with E-state index in [0.29, 0.717) is 34.1 Å². The Hall–Kier alpha value is -3.24. The van der Waals surface area contributed by atoms with E-state index < -0.39 is 0 Å². The Bertz CT molecular complexity index is 1080. The summed E-state index contributed by atoms with van der Waals surface area (Å²) in [5, 5.41) is 9.68. The molecule has 3 rings (SSSR count). The van der Waals surface area contributed by atoms with Crippen LogP contribution in [-0.4, -0.2) is 26.3 Å². The van der Waals surface area contributed by atoms with Crippen LogP contribution in [0.1, 0.15) is 5.56 Å². The van der Waals surface area contributed by atoms with Crippen molar-refractivity contribution in [1.82, 2.24) is 4.98 Å². The topological polar surface area (TPSA) is 90.4 Å². The Balaban J connectivity index is 2.31. The molecule has 0 bridgehead atoms. The number of hydrogen-bond acceptors (Lipinski definition) is 6. The number of aromatic nitrogens is 1. The van der Waals surface area contributed by atoms with Crippen molar-refractivity contribution >= 4 is 21.7 Å². The molecule has 0 fully saturated rings. The van der Waals surface area contributed by atoms with Crippen LogP contribution in [0.3, 0.4) is 0 Å². The van der Waals surface area contributed by atoms with Crippen LogP contribution in [0, 0.1) is 11.3 Å². The zero-order valence-corrected chi connectivity index (χ0v) is 17.2. The van der Waals surface area contributed by atoms with Crippen molar-refractivity contribution in [1.29, 1.82) is 5.26 Å². The van der Waals surface area contributed by atoms with E-state index in [-0.39, 0.29) is 11.4 Å². The average Bonchev–Trinajstić information content (AvgIpc) is 2.72. The molecule has 0 atom stereocenters. The SMILES string of the molecule is COc1cc(OC)c(-c2cc(-c3cccc(Br)c3)nc(N)c2C#N)cc1OC. The number of hydrogen-bond donors (Lipinski definition) is 1. The highest BCUT2D eigenvalue weighted by Gasteiger charge is 2.19. The molecule has 0 aliphatic heterocycles. The van der Waals surface area contributed by atoms with Gasteiger partial charge in [-0.15, -0.1) is 0 Å². The van der Waals surface area contributed by atoms with Gasteiger partial charge >= 0.3 is 0 Å². The Kier molecular flexibility index (Phi) is 5.71. The van der Waals surface area contributed by atoms with Crippen molar-refractivity contribution in [2.45, 2.75) is 0 Å². The molecule has 1 aromatic heterocycles. The number of rotatable bonds is 5. The normalized spacial score (nSPS) is 10.2. The first-order chi connectivity index (χ1) is 13.5. The van der Waals surface area contributed by atoms with Gasteiger partial charge in [-0.1, -0.05) is 28.1 Å². The summed E-state index contributed by atoms with van der Waals surface area (Å²) in [6, 6.07) is 15.1. The monoisotopic (exact) mass is 439 g/mol. The molecule has 0 saturated heterocycles. The fraction of sp³-hybridized carbons (Fsp3) is 0.143. The summed E-state index contributed by atoms with van der Waals surface area (Å²) < 4.78 is 17.2. The summed E-state index contributed by atoms with van der Waals surface area (Å²) in [5.74, 6) is 1.71. The summed E-state index contributed by atoms with van der Waals surface area (Å²) in [6.45, 7) is 0. The molecule has 0 aliphatic rings. The Labute approximate surface area is 171 Å². The van der Waals surface area contributed by atoms with Crippen LogP contribution in [0.5, 0.6) is 17.2 Å². The Morgan fingerprint density at radius 2 is 1.61 bits per heavy atom. The highest BCUT2D eigenvalue weighted by molar-refractivity contribution is 9.10. The van der Waals surface area contributed by atoms with Crippen LogP contribution in [0.25, 0.3) is 22.4 Å². The second kappa shape index (κ2) is 8.19. The summed E-state index contributed by atoms with van der Waals surface area (Å²) >= 11 is 3.47. The maximum absolute atomic E-state index is 9.68. The van der Waals surface area contributed by atoms with Gasteiger partial charge in [0.15, 0.2) is 11.5 Å². The van der Waals surface area contributed by atoms with Crippen molar-refractivity contribution in [2.75, 3.05) is 27.1 Å². The molecule has 28 heavy (non-hydrogen) atoms. The third kappa shape index (κ3) is 3.59. The van der Waals surface area contributed by atoms with Gasteiger partial charge in [0.05, 0.1) is 27.0 Å². The maximum atomic E-state index is 9.68. The fourth-order valence-corrected chi connectivity index (χ4v) is 3.33. The second-order valence-electron chi connectivity index (χ2n) is 5.84. The van der Waals surface area contributed by atoms with Gasteiger partial charge in [0.2, 0.25) is 0 Å². The zero-order chi connectivity index (χ0) is 20.3. The summed E-state index contributed by atoms with van der Waals surface area (Å²) in [7, 11) is 4.65. The standard InChI is InChI=1S/C21H18BrN3O3/c1-26-18-10-20(28-3)19(27-2)9-15(18)14-8-17(25-21(24)16(14)11-23)12-5-4-6-13(22)7-12/h4-10H,1-3H3,(H2,24,25). The molecule has 7 heteroatoms. The lowest BCUT2D eigenvalue weighted by molar-refractivity contribution is 0.349. The molecule has 1 heterocycles. The highest BCUT2D eigenvalue weighted by Crippen LogP contribution is 2.42. The van der Waals surface area contributed by atoms with E-state index in [4.69, 9.17) is 19.9 Å². The number of ether oxygens (including phenoxy) is 3. The lowest BCUT2D eigenvalue weighted by Gasteiger charge is -2.16. The van der Waals surface area contributed by atoms with Gasteiger partial charge in [0, 0.05) is 27.2 Å². The zero-order valence-electron chi connectivity index (χ0n) is 15.6. The van der Waals surface area contributed by atoms with E-state index in [0.717, 1.165) is 10.0 Å². The lowest BCUT2D eigenvalue weighted by atomic mass is 9.97. The molecule has 0 radical (unpaired) electrons. The third-order valence-corrected chi connectivity index (χ3v) is 4.77. The Morgan fingerprint density at radius 3 is 2.21 bits per heavy atom. The van der Waals surface area contributed by atoms with Gasteiger partial charge in [-0.05, 0) is 24.3 Å². The lowest BCUT2D eigenvalue weighted by Crippen LogP contribution is -2.01. The predicted octanol–water partition coefficient (Wildman–Crippen LogP) is 4.66. The van der Waals surface area contributed by atoms with Crippen LogP contribution in [-0.2, 0) is 0 Å². The van der Waals surface area contributed by atoms with E-state index in [1.165, 1.54) is 0 Å². The largest absolute Gasteiger partial charge is 0.496 e. The molecule has 0 amide bonds. The molecule has 142 valence electrons. The molecular formula is C21H18BrN3O3. The number of methoxy groups -OCH3 is 3. The van der Waals surface area contributed by atoms with Crippen LogP contribution in [0.2, 0.25) is 0 Å². The molecule has 0 saturated carbocycles. The van der Waals surface area contributed by atoms with Gasteiger partial charge in [0.1, 0.15) is 23.2 Å². The minimum Gasteiger partial charge on any atom is -0.496 e. The number of benzene rings is 2. The van der Waals surface area contributed by atoms with Crippen LogP contribution in [0.4, 0.5) is 5.82 Å². The first-order valence-corrected chi connectivity index (χ1v) is 9.08. The molecule has 2 aromatic carbocycles. The number of nitriles is 1. The molecular weight excluding hydrogens is 422 g/mol. The number of anilines is 1. The van der Waals surface area contributed by atoms with Crippen molar-refractivity contribution in [3.05, 3.63) is 52.5 Å². The maximum Gasteiger partial charge on any atom is 0.164 e. The van der Waals surface area contributed by atoms with Crippen LogP contribution >= 0.6 is 15.9 Å². The summed E-state index contributed by atoms with van der Waals surface area (Å²) in [6.07, 6.45) is 0. The third-order valence-electron chi connectivity index (χ3n) is 4.28. The van der Waals surface area contributed by atoms with Crippen molar-refractivity contribution in [3.63, 3.8) is 0 Å². The number of halogens is 1. The van der Waals surface area contributed by atoms with Gasteiger partial charge < -0.3 is 19.9 Å². The number of nitrogens with two attached hydrogens (primary N) is 1. The van der Waals surface area contributed by atoms with Crippen molar-refractivity contribution in [3.8, 4) is 45.7 Å². The van der Waals surface area contributed by atoms with Crippen LogP contribution in [0.15, 0.2) is 46.9 Å². The smallest absolute Gasteiger partial charge is 0.164 e. The first-order valence-electron chi connectivity index (χ1n) is 8.29. The number of nitrogen functional groups attached to an aromatic ring is 1. The molecule has 0 aliphatic carbocycles. The molecule has 6 nitrogen and oxygen atoms in total. The molecule has 2 N–H and O–H groups in total. The predicted molar refractivity (Wildman–Crippen MR) is 112 cm³/mol. The number of nitrogens with zero attached hydrogens (tertiary/aromatic N) is 2. The second-order valence-corrected chi connectivity index (χ2v) is 6.76. The highest BCUT2D eigenvalue weighted by atomic mass is 79.9. The number of pyridine rings is 1. The van der Waals surface area contributed by atoms with Crippen molar-refractivity contribution < 1.29 is 14.2 Å². The summed E-state index contributed by atoms with van der Waals surface area (Å²) in [4.78, 5) is 4.41. The van der Waals surface area contributed by atoms with Crippen LogP contribution < -0.4 is 19.9 Å². The minimum absolute atomic E-state index is 0.145. The Morgan fingerprint density at radius 1 is 0.929 bits per heavy atom. The van der Waals surface area contributed by atoms with E-state index in [2.05, 4.69) is 27.0 Å². The minimum atomic E-state index is 0.145. The summed E-state index contributed by atoms with van der Waals surface area (Å²) in [5.41, 5.74) is 9.15. The first kappa shape index (κ1) is 19.5. The van der Waals surface area contributed by atoms with Gasteiger partial charge in [-0.25, -0.2) is 4.98 Å². The van der Waals surface area contributed by atoms with Gasteiger partial charge in [-0.2, -0.15) is 5.26 Å². The van der Waals surface area contributed by atoms with Gasteiger partial charge in [-0.3, -0.25) is 0 Å². The van der Waals surface area contributed by atoms with Crippen molar-refractivity contribution in [2.24, 2.45) is 0 Å². The average molecular weight is 440 g/mol. The molecule has 3 aromatic rings. The molecule has 0 spiro atoms. The van der Waals surface area contributed by atoms with E-state index in [9.17, 15) is 5.26 Å². The molecule has 0 unspecified atom stereocenters. The van der Waals surface area contributed by atoms with E-state index >= 15 is 0 Å².